The first-order valence-corrected chi connectivity index (χ1v) is 11.7. The minimum atomic E-state index is -0.218. The van der Waals surface area contributed by atoms with E-state index in [-0.39, 0.29) is 11.6 Å². The fourth-order valence-corrected chi connectivity index (χ4v) is 4.38. The van der Waals surface area contributed by atoms with Gasteiger partial charge in [-0.15, -0.1) is 0 Å². The zero-order chi connectivity index (χ0) is 21.5. The summed E-state index contributed by atoms with van der Waals surface area (Å²) in [6.07, 6.45) is 5.80. The highest BCUT2D eigenvalue weighted by Crippen LogP contribution is 2.20. The lowest BCUT2D eigenvalue weighted by molar-refractivity contribution is 0.0947. The Morgan fingerprint density at radius 1 is 0.968 bits per heavy atom. The molecule has 2 saturated heterocycles. The molecule has 0 radical (unpaired) electrons. The number of anilines is 2. The number of hydrogen-bond donors (Lipinski definition) is 1. The highest BCUT2D eigenvalue weighted by Gasteiger charge is 2.20. The molecule has 0 aliphatic carbocycles. The number of para-hydroxylation sites is 1. The van der Waals surface area contributed by atoms with Crippen LogP contribution in [0.15, 0.2) is 36.5 Å². The minimum absolute atomic E-state index is 0.218. The molecule has 0 unspecified atom stereocenters. The summed E-state index contributed by atoms with van der Waals surface area (Å²) in [4.78, 5) is 28.3. The largest absolute Gasteiger partial charge is 0.369 e. The molecule has 0 bridgehead atoms. The van der Waals surface area contributed by atoms with E-state index in [1.807, 2.05) is 0 Å². The van der Waals surface area contributed by atoms with E-state index < -0.39 is 0 Å². The molecule has 166 valence electrons. The van der Waals surface area contributed by atoms with E-state index in [0.29, 0.717) is 17.5 Å². The van der Waals surface area contributed by atoms with Gasteiger partial charge in [0, 0.05) is 51.5 Å². The topological polar surface area (TPSA) is 64.6 Å². The van der Waals surface area contributed by atoms with Crippen LogP contribution in [0.1, 0.15) is 36.2 Å². The number of carbonyl (C=O) groups excluding carboxylic acids is 1. The Hall–Kier alpha value is -2.38. The van der Waals surface area contributed by atoms with Crippen LogP contribution < -0.4 is 15.1 Å². The molecule has 1 amide bonds. The average Bonchev–Trinajstić information content (AvgIpc) is 3.35. The highest BCUT2D eigenvalue weighted by atomic mass is 35.5. The first-order chi connectivity index (χ1) is 15.2. The molecule has 1 aromatic carbocycles. The van der Waals surface area contributed by atoms with Crippen molar-refractivity contribution in [3.8, 4) is 0 Å². The van der Waals surface area contributed by atoms with Crippen molar-refractivity contribution in [2.75, 3.05) is 62.2 Å². The zero-order valence-electron chi connectivity index (χ0n) is 18.0. The van der Waals surface area contributed by atoms with Gasteiger partial charge in [-0.3, -0.25) is 9.69 Å². The fourth-order valence-electron chi connectivity index (χ4n) is 4.20. The summed E-state index contributed by atoms with van der Waals surface area (Å²) < 4.78 is 0. The van der Waals surface area contributed by atoms with Crippen LogP contribution in [0.25, 0.3) is 0 Å². The second-order valence-corrected chi connectivity index (χ2v) is 8.60. The Kier molecular flexibility index (Phi) is 7.59. The van der Waals surface area contributed by atoms with Crippen LogP contribution in [0.4, 0.5) is 11.6 Å². The van der Waals surface area contributed by atoms with E-state index >= 15 is 0 Å². The Labute approximate surface area is 189 Å². The molecule has 1 N–H and O–H groups in total. The predicted molar refractivity (Wildman–Crippen MR) is 125 cm³/mol. The Morgan fingerprint density at radius 3 is 2.45 bits per heavy atom. The summed E-state index contributed by atoms with van der Waals surface area (Å²) >= 11 is 6.18. The maximum Gasteiger partial charge on any atom is 0.271 e. The van der Waals surface area contributed by atoms with Crippen molar-refractivity contribution in [1.29, 1.82) is 0 Å². The molecule has 2 fully saturated rings. The summed E-state index contributed by atoms with van der Waals surface area (Å²) in [5.41, 5.74) is 1.58. The van der Waals surface area contributed by atoms with Gasteiger partial charge in [-0.1, -0.05) is 29.8 Å². The summed E-state index contributed by atoms with van der Waals surface area (Å²) in [5, 5.41) is 3.27. The van der Waals surface area contributed by atoms with E-state index in [2.05, 4.69) is 60.3 Å². The minimum Gasteiger partial charge on any atom is -0.369 e. The van der Waals surface area contributed by atoms with Crippen molar-refractivity contribution >= 4 is 29.1 Å². The molecular weight excluding hydrogens is 412 g/mol. The monoisotopic (exact) mass is 442 g/mol. The molecule has 0 atom stereocenters. The van der Waals surface area contributed by atoms with Crippen LogP contribution in [0.3, 0.4) is 0 Å². The first-order valence-electron chi connectivity index (χ1n) is 11.3. The van der Waals surface area contributed by atoms with Gasteiger partial charge in [0.15, 0.2) is 5.69 Å². The molecule has 0 spiro atoms. The molecule has 0 saturated carbocycles. The number of unbranched alkanes of at least 4 members (excludes halogenated alkanes) is 1. The number of halogens is 1. The van der Waals surface area contributed by atoms with Gasteiger partial charge < -0.3 is 15.1 Å². The molecule has 4 rings (SSSR count). The molecule has 7 nitrogen and oxygen atoms in total. The maximum atomic E-state index is 12.5. The van der Waals surface area contributed by atoms with Crippen molar-refractivity contribution < 1.29 is 4.79 Å². The van der Waals surface area contributed by atoms with E-state index in [0.717, 1.165) is 71.5 Å². The molecule has 31 heavy (non-hydrogen) atoms. The molecule has 2 aliphatic heterocycles. The Balaban J connectivity index is 1.15. The van der Waals surface area contributed by atoms with Crippen molar-refractivity contribution in [3.63, 3.8) is 0 Å². The second kappa shape index (κ2) is 10.8. The van der Waals surface area contributed by atoms with Crippen LogP contribution >= 0.6 is 11.6 Å². The third kappa shape index (κ3) is 5.86. The molecule has 2 aromatic rings. The number of nitrogens with one attached hydrogen (secondary N) is 1. The number of amides is 1. The second-order valence-electron chi connectivity index (χ2n) is 8.19. The van der Waals surface area contributed by atoms with Crippen LogP contribution in [0, 0.1) is 0 Å². The number of piperazine rings is 1. The number of nitrogens with zero attached hydrogens (tertiary/aromatic N) is 5. The molecular formula is C23H31ClN6O. The molecule has 1 aromatic heterocycles. The Morgan fingerprint density at radius 2 is 1.71 bits per heavy atom. The summed E-state index contributed by atoms with van der Waals surface area (Å²) in [5.74, 6) is 0.381. The molecule has 8 heteroatoms. The van der Waals surface area contributed by atoms with Crippen molar-refractivity contribution in [1.82, 2.24) is 20.2 Å². The van der Waals surface area contributed by atoms with E-state index in [9.17, 15) is 4.79 Å². The summed E-state index contributed by atoms with van der Waals surface area (Å²) in [6, 6.07) is 10.6. The number of benzene rings is 1. The Bertz CT molecular complexity index is 850. The number of aromatic nitrogens is 2. The van der Waals surface area contributed by atoms with Gasteiger partial charge in [-0.2, -0.15) is 0 Å². The first kappa shape index (κ1) is 21.8. The van der Waals surface area contributed by atoms with Crippen LogP contribution in [-0.4, -0.2) is 73.1 Å². The van der Waals surface area contributed by atoms with Crippen molar-refractivity contribution in [2.45, 2.75) is 25.7 Å². The quantitative estimate of drug-likeness (QED) is 0.634. The summed E-state index contributed by atoms with van der Waals surface area (Å²) in [6.45, 7) is 7.84. The van der Waals surface area contributed by atoms with E-state index in [1.54, 1.807) is 0 Å². The average molecular weight is 443 g/mol. The zero-order valence-corrected chi connectivity index (χ0v) is 18.7. The third-order valence-corrected chi connectivity index (χ3v) is 6.29. The molecule has 3 heterocycles. The van der Waals surface area contributed by atoms with Gasteiger partial charge >= 0.3 is 0 Å². The number of rotatable bonds is 8. The van der Waals surface area contributed by atoms with E-state index in [4.69, 9.17) is 11.6 Å². The van der Waals surface area contributed by atoms with Crippen LogP contribution in [0.5, 0.6) is 0 Å². The third-order valence-electron chi connectivity index (χ3n) is 6.02. The smallest absolute Gasteiger partial charge is 0.271 e. The maximum absolute atomic E-state index is 12.5. The fraction of sp³-hybridized carbons (Fsp3) is 0.522. The summed E-state index contributed by atoms with van der Waals surface area (Å²) in [7, 11) is 0. The van der Waals surface area contributed by atoms with Gasteiger partial charge in [0.05, 0.1) is 11.2 Å². The van der Waals surface area contributed by atoms with Crippen LogP contribution in [0.2, 0.25) is 5.02 Å². The standard InChI is InChI=1S/C23H31ClN6O/c24-20-18-26-23(30-12-6-7-13-30)27-21(20)22(31)25-10-4-5-11-28-14-16-29(17-15-28)19-8-2-1-3-9-19/h1-3,8-9,18H,4-7,10-17H2,(H,25,31). The van der Waals surface area contributed by atoms with Gasteiger partial charge in [0.25, 0.3) is 5.91 Å². The normalized spacial score (nSPS) is 17.2. The van der Waals surface area contributed by atoms with Crippen LogP contribution in [-0.2, 0) is 0 Å². The van der Waals surface area contributed by atoms with Gasteiger partial charge in [0.1, 0.15) is 0 Å². The highest BCUT2D eigenvalue weighted by molar-refractivity contribution is 6.33. The lowest BCUT2D eigenvalue weighted by Crippen LogP contribution is -2.46. The van der Waals surface area contributed by atoms with Gasteiger partial charge in [-0.25, -0.2) is 9.97 Å². The number of hydrogen-bond acceptors (Lipinski definition) is 6. The van der Waals surface area contributed by atoms with Crippen molar-refractivity contribution in [2.24, 2.45) is 0 Å². The van der Waals surface area contributed by atoms with Crippen molar-refractivity contribution in [3.05, 3.63) is 47.2 Å². The van der Waals surface area contributed by atoms with Gasteiger partial charge in [0.2, 0.25) is 5.95 Å². The predicted octanol–water partition coefficient (Wildman–Crippen LogP) is 3.06. The van der Waals surface area contributed by atoms with E-state index in [1.165, 1.54) is 11.9 Å². The van der Waals surface area contributed by atoms with Gasteiger partial charge in [-0.05, 0) is 44.4 Å². The SMILES string of the molecule is O=C(NCCCCN1CCN(c2ccccc2)CC1)c1nc(N2CCCC2)ncc1Cl. The lowest BCUT2D eigenvalue weighted by Gasteiger charge is -2.36. The lowest BCUT2D eigenvalue weighted by atomic mass is 10.2. The number of carbonyl (C=O) groups is 1. The molecule has 2 aliphatic rings.